The minimum absolute atomic E-state index is 0.0761. The summed E-state index contributed by atoms with van der Waals surface area (Å²) in [6, 6.07) is 3.50. The second kappa shape index (κ2) is 4.18. The largest absolute Gasteiger partial charge is 0.350 e. The molecule has 0 spiro atoms. The van der Waals surface area contributed by atoms with Crippen molar-refractivity contribution in [1.29, 1.82) is 0 Å². The molecule has 0 atom stereocenters. The van der Waals surface area contributed by atoms with Gasteiger partial charge in [0, 0.05) is 11.6 Å². The van der Waals surface area contributed by atoms with E-state index < -0.39 is 11.0 Å². The van der Waals surface area contributed by atoms with Crippen LogP contribution >= 0.6 is 12.8 Å². The van der Waals surface area contributed by atoms with Crippen LogP contribution in [0.5, 0.6) is 0 Å². The Morgan fingerprint density at radius 2 is 2.20 bits per heavy atom. The number of aryl methyl sites for hydroxylation is 1. The lowest BCUT2D eigenvalue weighted by Gasteiger charge is -2.12. The van der Waals surface area contributed by atoms with E-state index in [0.29, 0.717) is 5.56 Å². The average molecular weight is 227 g/mol. The van der Waals surface area contributed by atoms with E-state index in [1.54, 1.807) is 6.92 Å². The molecule has 2 amide bonds. The van der Waals surface area contributed by atoms with Crippen LogP contribution in [0.1, 0.15) is 5.56 Å². The predicted octanol–water partition coefficient (Wildman–Crippen LogP) is 1.63. The van der Waals surface area contributed by atoms with Gasteiger partial charge >= 0.3 is 6.03 Å². The lowest BCUT2D eigenvalue weighted by atomic mass is 10.2. The molecule has 0 aliphatic carbocycles. The molecule has 2 N–H and O–H groups in total. The Labute approximate surface area is 91.4 Å². The van der Waals surface area contributed by atoms with Gasteiger partial charge in [0.05, 0.1) is 10.6 Å². The molecule has 0 saturated carbocycles. The molecule has 0 aliphatic heterocycles. The van der Waals surface area contributed by atoms with Gasteiger partial charge in [0.25, 0.3) is 5.69 Å². The zero-order valence-corrected chi connectivity index (χ0v) is 8.77. The fraction of sp³-hybridized carbons (Fsp3) is 0.125. The van der Waals surface area contributed by atoms with Crippen LogP contribution in [-0.2, 0) is 0 Å². The summed E-state index contributed by atoms with van der Waals surface area (Å²) in [5, 5.41) is 10.6. The Morgan fingerprint density at radius 1 is 1.60 bits per heavy atom. The molecule has 0 unspecified atom stereocenters. The van der Waals surface area contributed by atoms with Gasteiger partial charge in [-0.1, -0.05) is 18.9 Å². The van der Waals surface area contributed by atoms with Gasteiger partial charge in [-0.3, -0.25) is 10.1 Å². The lowest BCUT2D eigenvalue weighted by Crippen LogP contribution is -2.27. The third-order valence-electron chi connectivity index (χ3n) is 1.84. The second-order valence-corrected chi connectivity index (χ2v) is 3.28. The van der Waals surface area contributed by atoms with E-state index in [1.165, 1.54) is 18.2 Å². The van der Waals surface area contributed by atoms with E-state index in [-0.39, 0.29) is 11.4 Å². The van der Waals surface area contributed by atoms with E-state index in [1.807, 2.05) is 0 Å². The van der Waals surface area contributed by atoms with Crippen molar-refractivity contribution < 1.29 is 9.72 Å². The van der Waals surface area contributed by atoms with Gasteiger partial charge in [-0.05, 0) is 13.0 Å². The Hall–Kier alpha value is -1.76. The van der Waals surface area contributed by atoms with E-state index in [4.69, 9.17) is 5.73 Å². The number of nitro groups is 1. The SMILES string of the molecule is Cc1ccc(N(S)C(N)=O)cc1[N+](=O)[O-]. The van der Waals surface area contributed by atoms with Gasteiger partial charge in [0.15, 0.2) is 0 Å². The zero-order chi connectivity index (χ0) is 11.6. The van der Waals surface area contributed by atoms with Crippen LogP contribution in [0.3, 0.4) is 0 Å². The third kappa shape index (κ3) is 2.38. The number of primary amides is 1. The molecule has 0 fully saturated rings. The number of thiol groups is 1. The Bertz CT molecular complexity index is 422. The predicted molar refractivity (Wildman–Crippen MR) is 58.9 cm³/mol. The van der Waals surface area contributed by atoms with Crippen molar-refractivity contribution in [2.45, 2.75) is 6.92 Å². The first-order valence-electron chi connectivity index (χ1n) is 3.97. The van der Waals surface area contributed by atoms with Gasteiger partial charge in [-0.2, -0.15) is 0 Å². The third-order valence-corrected chi connectivity index (χ3v) is 2.27. The van der Waals surface area contributed by atoms with Crippen molar-refractivity contribution in [3.05, 3.63) is 33.9 Å². The Balaban J connectivity index is 3.18. The highest BCUT2D eigenvalue weighted by atomic mass is 32.1. The maximum atomic E-state index is 10.8. The molecule has 0 aromatic heterocycles. The van der Waals surface area contributed by atoms with Crippen LogP contribution in [0, 0.1) is 17.0 Å². The molecule has 0 heterocycles. The van der Waals surface area contributed by atoms with Crippen LogP contribution in [0.25, 0.3) is 0 Å². The monoisotopic (exact) mass is 227 g/mol. The van der Waals surface area contributed by atoms with Crippen molar-refractivity contribution >= 4 is 30.2 Å². The number of carbonyl (C=O) groups is 1. The number of anilines is 1. The highest BCUT2D eigenvalue weighted by molar-refractivity contribution is 7.82. The molecular weight excluding hydrogens is 218 g/mol. The molecule has 80 valence electrons. The summed E-state index contributed by atoms with van der Waals surface area (Å²) in [4.78, 5) is 20.9. The van der Waals surface area contributed by atoms with Crippen LogP contribution < -0.4 is 10.0 Å². The maximum Gasteiger partial charge on any atom is 0.329 e. The summed E-state index contributed by atoms with van der Waals surface area (Å²) in [5.74, 6) is 0. The number of urea groups is 1. The fourth-order valence-electron chi connectivity index (χ4n) is 1.05. The molecule has 15 heavy (non-hydrogen) atoms. The van der Waals surface area contributed by atoms with E-state index in [2.05, 4.69) is 12.8 Å². The Kier molecular flexibility index (Phi) is 3.15. The molecule has 0 aliphatic rings. The zero-order valence-electron chi connectivity index (χ0n) is 7.88. The van der Waals surface area contributed by atoms with Crippen molar-refractivity contribution in [1.82, 2.24) is 0 Å². The van der Waals surface area contributed by atoms with Crippen LogP contribution in [0.15, 0.2) is 18.2 Å². The van der Waals surface area contributed by atoms with Gasteiger partial charge in [0.1, 0.15) is 0 Å². The molecule has 1 aromatic carbocycles. The summed E-state index contributed by atoms with van der Waals surface area (Å²) in [7, 11) is 0. The van der Waals surface area contributed by atoms with E-state index in [9.17, 15) is 14.9 Å². The molecule has 1 rings (SSSR count). The van der Waals surface area contributed by atoms with Crippen molar-refractivity contribution in [3.63, 3.8) is 0 Å². The highest BCUT2D eigenvalue weighted by Crippen LogP contribution is 2.25. The molecular formula is C8H9N3O3S. The van der Waals surface area contributed by atoms with E-state index in [0.717, 1.165) is 4.31 Å². The molecule has 0 radical (unpaired) electrons. The minimum Gasteiger partial charge on any atom is -0.350 e. The first-order valence-corrected chi connectivity index (χ1v) is 4.37. The number of carbonyl (C=O) groups excluding carboxylic acids is 1. The summed E-state index contributed by atoms with van der Waals surface area (Å²) in [6.07, 6.45) is 0. The molecule has 6 nitrogen and oxygen atoms in total. The summed E-state index contributed by atoms with van der Waals surface area (Å²) in [6.45, 7) is 1.61. The lowest BCUT2D eigenvalue weighted by molar-refractivity contribution is -0.385. The topological polar surface area (TPSA) is 89.5 Å². The summed E-state index contributed by atoms with van der Waals surface area (Å²) in [5.41, 5.74) is 5.67. The number of amides is 2. The van der Waals surface area contributed by atoms with Gasteiger partial charge in [-0.25, -0.2) is 9.10 Å². The molecule has 1 aromatic rings. The molecule has 7 heteroatoms. The Morgan fingerprint density at radius 3 is 2.67 bits per heavy atom. The number of nitrogens with two attached hydrogens (primary N) is 1. The molecule has 0 bridgehead atoms. The van der Waals surface area contributed by atoms with Crippen molar-refractivity contribution in [2.24, 2.45) is 5.73 Å². The smallest absolute Gasteiger partial charge is 0.329 e. The van der Waals surface area contributed by atoms with Crippen LogP contribution in [0.4, 0.5) is 16.2 Å². The number of hydrogen-bond acceptors (Lipinski definition) is 4. The number of hydrogen-bond donors (Lipinski definition) is 2. The van der Waals surface area contributed by atoms with Gasteiger partial charge in [0.2, 0.25) is 0 Å². The first-order chi connectivity index (χ1) is 6.93. The number of nitro benzene ring substituents is 1. The van der Waals surface area contributed by atoms with E-state index >= 15 is 0 Å². The average Bonchev–Trinajstić information content (AvgIpc) is 2.16. The number of rotatable bonds is 2. The first kappa shape index (κ1) is 11.3. The van der Waals surface area contributed by atoms with Crippen molar-refractivity contribution in [3.8, 4) is 0 Å². The second-order valence-electron chi connectivity index (χ2n) is 2.88. The van der Waals surface area contributed by atoms with Crippen molar-refractivity contribution in [2.75, 3.05) is 4.31 Å². The highest BCUT2D eigenvalue weighted by Gasteiger charge is 2.15. The van der Waals surface area contributed by atoms with Crippen LogP contribution in [0.2, 0.25) is 0 Å². The van der Waals surface area contributed by atoms with Gasteiger partial charge in [-0.15, -0.1) is 0 Å². The standard InChI is InChI=1S/C8H9N3O3S/c1-5-2-3-6(10(15)8(9)12)4-7(5)11(13)14/h2-4,15H,1H3,(H2,9,12). The quantitative estimate of drug-likeness (QED) is 0.457. The minimum atomic E-state index is -0.795. The maximum absolute atomic E-state index is 10.8. The number of nitrogens with zero attached hydrogens (tertiary/aromatic N) is 2. The number of benzene rings is 1. The normalized spacial score (nSPS) is 9.73. The fourth-order valence-corrected chi connectivity index (χ4v) is 1.18. The summed E-state index contributed by atoms with van der Waals surface area (Å²) < 4.78 is 0.840. The van der Waals surface area contributed by atoms with Crippen LogP contribution in [-0.4, -0.2) is 11.0 Å². The van der Waals surface area contributed by atoms with Gasteiger partial charge < -0.3 is 5.73 Å². The summed E-state index contributed by atoms with van der Waals surface area (Å²) >= 11 is 3.80. The molecule has 0 saturated heterocycles.